The second kappa shape index (κ2) is 10.5. The third kappa shape index (κ3) is 4.32. The Balaban J connectivity index is 1.23. The minimum absolute atomic E-state index is 0.885. The Morgan fingerprint density at radius 2 is 1.04 bits per heavy atom. The second-order valence-electron chi connectivity index (χ2n) is 11.3. The molecule has 9 aromatic rings. The van der Waals surface area contributed by atoms with E-state index in [4.69, 9.17) is 4.42 Å². The molecule has 0 N–H and O–H groups in total. The van der Waals surface area contributed by atoms with Gasteiger partial charge in [0, 0.05) is 43.7 Å². The maximum absolute atomic E-state index is 6.36. The molecule has 0 unspecified atom stereocenters. The van der Waals surface area contributed by atoms with Crippen molar-refractivity contribution in [3.63, 3.8) is 0 Å². The molecule has 0 atom stereocenters. The molecule has 0 saturated heterocycles. The average molecular weight is 594 g/mol. The van der Waals surface area contributed by atoms with Crippen LogP contribution < -0.4 is 4.90 Å². The molecule has 45 heavy (non-hydrogen) atoms. The summed E-state index contributed by atoms with van der Waals surface area (Å²) in [7, 11) is 0. The predicted molar refractivity (Wildman–Crippen MR) is 192 cm³/mol. The van der Waals surface area contributed by atoms with E-state index in [9.17, 15) is 0 Å². The third-order valence-corrected chi connectivity index (χ3v) is 9.90. The van der Waals surface area contributed by atoms with E-state index in [1.807, 2.05) is 23.5 Å². The highest BCUT2D eigenvalue weighted by Gasteiger charge is 2.20. The summed E-state index contributed by atoms with van der Waals surface area (Å²) >= 11 is 1.85. The zero-order valence-electron chi connectivity index (χ0n) is 24.4. The molecule has 0 saturated carbocycles. The second-order valence-corrected chi connectivity index (χ2v) is 12.4. The zero-order valence-corrected chi connectivity index (χ0v) is 25.2. The van der Waals surface area contributed by atoms with Gasteiger partial charge in [0.1, 0.15) is 11.2 Å². The van der Waals surface area contributed by atoms with Gasteiger partial charge in [-0.15, -0.1) is 11.3 Å². The highest BCUT2D eigenvalue weighted by Crippen LogP contribution is 2.46. The van der Waals surface area contributed by atoms with Gasteiger partial charge in [0.25, 0.3) is 0 Å². The van der Waals surface area contributed by atoms with E-state index in [1.54, 1.807) is 0 Å². The zero-order chi connectivity index (χ0) is 29.7. The minimum atomic E-state index is 0.885. The Bertz CT molecular complexity index is 2490. The van der Waals surface area contributed by atoms with Gasteiger partial charge in [-0.3, -0.25) is 0 Å². The molecule has 212 valence electrons. The predicted octanol–water partition coefficient (Wildman–Crippen LogP) is 12.8. The number of thiophene rings is 1. The van der Waals surface area contributed by atoms with Crippen LogP contribution in [0, 0.1) is 0 Å². The number of fused-ring (bicyclic) bond motifs is 6. The molecule has 0 spiro atoms. The molecule has 9 rings (SSSR count). The largest absolute Gasteiger partial charge is 0.456 e. The molecule has 0 amide bonds. The van der Waals surface area contributed by atoms with Crippen LogP contribution in [0.3, 0.4) is 0 Å². The first-order valence-corrected chi connectivity index (χ1v) is 16.0. The lowest BCUT2D eigenvalue weighted by Gasteiger charge is -2.26. The van der Waals surface area contributed by atoms with Crippen molar-refractivity contribution in [1.29, 1.82) is 0 Å². The van der Waals surface area contributed by atoms with Gasteiger partial charge in [0.2, 0.25) is 0 Å². The lowest BCUT2D eigenvalue weighted by Crippen LogP contribution is -2.10. The van der Waals surface area contributed by atoms with Gasteiger partial charge in [-0.1, -0.05) is 115 Å². The molecule has 0 aliphatic rings. The molecule has 2 aromatic heterocycles. The third-order valence-electron chi connectivity index (χ3n) is 8.69. The summed E-state index contributed by atoms with van der Waals surface area (Å²) in [4.78, 5) is 2.37. The molecule has 0 aliphatic carbocycles. The van der Waals surface area contributed by atoms with E-state index in [0.717, 1.165) is 39.0 Å². The Hall–Kier alpha value is -5.64. The SMILES string of the molecule is c1ccc(-c2ccccc2-c2ccc(N(c3ccc4c(c3)oc3ccccc34)c3cccc4c3sc3ccccc34)cc2)cc1. The Morgan fingerprint density at radius 3 is 1.87 bits per heavy atom. The van der Waals surface area contributed by atoms with Crippen LogP contribution in [-0.2, 0) is 0 Å². The maximum atomic E-state index is 6.36. The van der Waals surface area contributed by atoms with E-state index >= 15 is 0 Å². The van der Waals surface area contributed by atoms with Gasteiger partial charge in [0.15, 0.2) is 0 Å². The molecule has 2 nitrogen and oxygen atoms in total. The number of nitrogens with zero attached hydrogens (tertiary/aromatic N) is 1. The van der Waals surface area contributed by atoms with Crippen LogP contribution in [-0.4, -0.2) is 0 Å². The summed E-state index contributed by atoms with van der Waals surface area (Å²) < 4.78 is 8.92. The average Bonchev–Trinajstić information content (AvgIpc) is 3.68. The van der Waals surface area contributed by atoms with Gasteiger partial charge in [-0.2, -0.15) is 0 Å². The van der Waals surface area contributed by atoms with E-state index in [-0.39, 0.29) is 0 Å². The fraction of sp³-hybridized carbons (Fsp3) is 0. The van der Waals surface area contributed by atoms with E-state index < -0.39 is 0 Å². The number of hydrogen-bond acceptors (Lipinski definition) is 3. The van der Waals surface area contributed by atoms with Crippen molar-refractivity contribution in [1.82, 2.24) is 0 Å². The van der Waals surface area contributed by atoms with Crippen molar-refractivity contribution in [2.45, 2.75) is 0 Å². The number of rotatable bonds is 5. The normalized spacial score (nSPS) is 11.6. The van der Waals surface area contributed by atoms with Gasteiger partial charge in [-0.25, -0.2) is 0 Å². The standard InChI is InChI=1S/C42H27NOS/c1-2-11-28(12-3-1)32-13-4-5-14-33(32)29-21-23-30(24-22-29)43(31-25-26-35-34-15-6-8-19-39(34)44-40(35)27-31)38-18-10-17-37-36-16-7-9-20-41(36)45-42(37)38/h1-27H. The Morgan fingerprint density at radius 1 is 0.422 bits per heavy atom. The number of hydrogen-bond donors (Lipinski definition) is 0. The fourth-order valence-corrected chi connectivity index (χ4v) is 7.79. The van der Waals surface area contributed by atoms with Crippen molar-refractivity contribution in [3.8, 4) is 22.3 Å². The number of para-hydroxylation sites is 1. The molecule has 0 bridgehead atoms. The van der Waals surface area contributed by atoms with Crippen molar-refractivity contribution < 1.29 is 4.42 Å². The topological polar surface area (TPSA) is 16.4 Å². The molecule has 0 aliphatic heterocycles. The molecule has 0 radical (unpaired) electrons. The minimum Gasteiger partial charge on any atom is -0.456 e. The smallest absolute Gasteiger partial charge is 0.137 e. The van der Waals surface area contributed by atoms with Gasteiger partial charge >= 0.3 is 0 Å². The summed E-state index contributed by atoms with van der Waals surface area (Å²) in [6, 6.07) is 58.4. The van der Waals surface area contributed by atoms with Crippen LogP contribution >= 0.6 is 11.3 Å². The number of anilines is 3. The van der Waals surface area contributed by atoms with E-state index in [2.05, 4.69) is 157 Å². The molecular formula is C42H27NOS. The van der Waals surface area contributed by atoms with Crippen LogP contribution in [0.25, 0.3) is 64.4 Å². The van der Waals surface area contributed by atoms with E-state index in [1.165, 1.54) is 42.4 Å². The van der Waals surface area contributed by atoms with Gasteiger partial charge in [-0.05, 0) is 64.7 Å². The lowest BCUT2D eigenvalue weighted by molar-refractivity contribution is 0.669. The monoisotopic (exact) mass is 593 g/mol. The van der Waals surface area contributed by atoms with Gasteiger partial charge in [0.05, 0.1) is 10.4 Å². The first-order valence-electron chi connectivity index (χ1n) is 15.2. The van der Waals surface area contributed by atoms with Crippen molar-refractivity contribution in [2.24, 2.45) is 0 Å². The first kappa shape index (κ1) is 25.8. The fourth-order valence-electron chi connectivity index (χ4n) is 6.58. The number of furan rings is 1. The van der Waals surface area contributed by atoms with E-state index in [0.29, 0.717) is 0 Å². The summed E-state index contributed by atoms with van der Waals surface area (Å²) in [6.45, 7) is 0. The Labute approximate surface area is 265 Å². The van der Waals surface area contributed by atoms with Crippen LogP contribution in [0.4, 0.5) is 17.1 Å². The summed E-state index contributed by atoms with van der Waals surface area (Å²) in [5.41, 5.74) is 9.95. The molecule has 7 aromatic carbocycles. The summed E-state index contributed by atoms with van der Waals surface area (Å²) in [5.74, 6) is 0. The molecule has 3 heteroatoms. The van der Waals surface area contributed by atoms with Crippen LogP contribution in [0.15, 0.2) is 168 Å². The lowest BCUT2D eigenvalue weighted by atomic mass is 9.94. The van der Waals surface area contributed by atoms with Crippen molar-refractivity contribution in [2.75, 3.05) is 4.90 Å². The van der Waals surface area contributed by atoms with Crippen LogP contribution in [0.2, 0.25) is 0 Å². The van der Waals surface area contributed by atoms with Crippen molar-refractivity contribution in [3.05, 3.63) is 164 Å². The van der Waals surface area contributed by atoms with Crippen LogP contribution in [0.5, 0.6) is 0 Å². The highest BCUT2D eigenvalue weighted by atomic mass is 32.1. The highest BCUT2D eigenvalue weighted by molar-refractivity contribution is 7.26. The first-order chi connectivity index (χ1) is 22.3. The molecule has 2 heterocycles. The number of benzene rings is 7. The molecular weight excluding hydrogens is 567 g/mol. The maximum Gasteiger partial charge on any atom is 0.137 e. The van der Waals surface area contributed by atoms with Gasteiger partial charge < -0.3 is 9.32 Å². The van der Waals surface area contributed by atoms with Crippen molar-refractivity contribution >= 4 is 70.5 Å². The molecule has 0 fully saturated rings. The quantitative estimate of drug-likeness (QED) is 0.197. The summed E-state index contributed by atoms with van der Waals surface area (Å²) in [6.07, 6.45) is 0. The summed E-state index contributed by atoms with van der Waals surface area (Å²) in [5, 5.41) is 4.83. The van der Waals surface area contributed by atoms with Crippen LogP contribution in [0.1, 0.15) is 0 Å². The Kier molecular flexibility index (Phi) is 6.03.